The minimum Gasteiger partial charge on any atom is -0.492 e. The summed E-state index contributed by atoms with van der Waals surface area (Å²) in [7, 11) is 0. The van der Waals surface area contributed by atoms with Gasteiger partial charge in [0.1, 0.15) is 24.5 Å². The predicted octanol–water partition coefficient (Wildman–Crippen LogP) is 4.95. The molecule has 2 saturated heterocycles. The van der Waals surface area contributed by atoms with Gasteiger partial charge in [0.25, 0.3) is 0 Å². The Balaban J connectivity index is 0.00000320. The van der Waals surface area contributed by atoms with Crippen LogP contribution in [-0.4, -0.2) is 77.5 Å². The number of aromatic amines is 1. The van der Waals surface area contributed by atoms with Crippen molar-refractivity contribution in [2.24, 2.45) is 0 Å². The van der Waals surface area contributed by atoms with E-state index in [2.05, 4.69) is 30.0 Å². The Morgan fingerprint density at radius 3 is 2.41 bits per heavy atom. The number of ether oxygens (including phenoxy) is 1. The monoisotopic (exact) mass is 559 g/mol. The fraction of sp³-hybridized carbons (Fsp3) is 0.542. The van der Waals surface area contributed by atoms with Gasteiger partial charge in [-0.25, -0.2) is 9.97 Å². The number of piperidine rings is 1. The van der Waals surface area contributed by atoms with Gasteiger partial charge in [0, 0.05) is 49.0 Å². The maximum Gasteiger partial charge on any atom is 0.435 e. The summed E-state index contributed by atoms with van der Waals surface area (Å²) in [4.78, 5) is 14.6. The number of fused-ring (bicyclic) bond motifs is 1. The molecule has 8 nitrogen and oxygen atoms in total. The first-order valence-electron chi connectivity index (χ1n) is 12.2. The Morgan fingerprint density at radius 1 is 1.00 bits per heavy atom. The lowest BCUT2D eigenvalue weighted by molar-refractivity contribution is -0.139. The Kier molecular flexibility index (Phi) is 8.55. The van der Waals surface area contributed by atoms with E-state index >= 15 is 0 Å². The van der Waals surface area contributed by atoms with Crippen LogP contribution in [0.1, 0.15) is 30.5 Å². The molecule has 2 aromatic heterocycles. The number of anilines is 2. The number of piperazine rings is 1. The molecule has 5 rings (SSSR count). The molecule has 202 valence electrons. The van der Waals surface area contributed by atoms with Gasteiger partial charge in [-0.3, -0.25) is 10.00 Å². The molecule has 0 aliphatic carbocycles. The van der Waals surface area contributed by atoms with Crippen molar-refractivity contribution < 1.29 is 17.9 Å². The highest BCUT2D eigenvalue weighted by molar-refractivity contribution is 6.31. The van der Waals surface area contributed by atoms with Crippen LogP contribution in [0.25, 0.3) is 11.0 Å². The fourth-order valence-corrected chi connectivity index (χ4v) is 5.24. The molecule has 13 heteroatoms. The van der Waals surface area contributed by atoms with Crippen LogP contribution in [0.15, 0.2) is 18.5 Å². The van der Waals surface area contributed by atoms with Crippen LogP contribution in [0.4, 0.5) is 24.7 Å². The molecule has 3 aromatic rings. The van der Waals surface area contributed by atoms with Gasteiger partial charge in [0.05, 0.1) is 5.39 Å². The number of alkyl halides is 3. The Labute approximate surface area is 224 Å². The molecule has 0 amide bonds. The Morgan fingerprint density at radius 2 is 1.70 bits per heavy atom. The molecule has 1 N–H and O–H groups in total. The van der Waals surface area contributed by atoms with Crippen LogP contribution < -0.4 is 14.5 Å². The first-order chi connectivity index (χ1) is 17.3. The molecular formula is C24H30Cl2F3N7O. The van der Waals surface area contributed by atoms with Gasteiger partial charge in [-0.1, -0.05) is 18.0 Å². The normalized spacial score (nSPS) is 17.2. The number of hydrogen-bond acceptors (Lipinski definition) is 7. The molecule has 2 fully saturated rings. The van der Waals surface area contributed by atoms with Crippen molar-refractivity contribution >= 4 is 46.5 Å². The quantitative estimate of drug-likeness (QED) is 0.458. The first-order valence-corrected chi connectivity index (χ1v) is 12.6. The largest absolute Gasteiger partial charge is 0.492 e. The summed E-state index contributed by atoms with van der Waals surface area (Å²) >= 11 is 6.44. The second kappa shape index (κ2) is 11.5. The summed E-state index contributed by atoms with van der Waals surface area (Å²) in [6.45, 7) is 7.93. The number of aromatic nitrogens is 4. The maximum atomic E-state index is 13.5. The Hall–Kier alpha value is -2.50. The average Bonchev–Trinajstić information content (AvgIpc) is 3.32. The van der Waals surface area contributed by atoms with Crippen molar-refractivity contribution in [1.82, 2.24) is 25.1 Å². The highest BCUT2D eigenvalue weighted by Gasteiger charge is 2.38. The zero-order valence-corrected chi connectivity index (χ0v) is 22.1. The van der Waals surface area contributed by atoms with Crippen LogP contribution in [0.3, 0.4) is 0 Å². The van der Waals surface area contributed by atoms with Crippen LogP contribution in [0.5, 0.6) is 5.75 Å². The van der Waals surface area contributed by atoms with Crippen molar-refractivity contribution in [2.75, 3.05) is 62.2 Å². The summed E-state index contributed by atoms with van der Waals surface area (Å²) in [5.41, 5.74) is 1.06. The van der Waals surface area contributed by atoms with Crippen LogP contribution in [0, 0.1) is 6.92 Å². The standard InChI is InChI=1S/C24H29ClF3N7O.ClH/c1-16-18(13-17(25)14-19(16)36-12-11-33-5-3-2-4-6-33)34-7-9-35(10-8-34)23-20-21(24(26,27)28)31-32-22(20)29-15-30-23;/h13-15H,2-12H2,1H3,(H,29,30,31,32);1H. The number of nitrogens with one attached hydrogen (secondary N) is 1. The highest BCUT2D eigenvalue weighted by Crippen LogP contribution is 2.37. The van der Waals surface area contributed by atoms with Crippen LogP contribution >= 0.6 is 24.0 Å². The minimum absolute atomic E-state index is 0. The fourth-order valence-electron chi connectivity index (χ4n) is 5.03. The van der Waals surface area contributed by atoms with Gasteiger partial charge < -0.3 is 14.5 Å². The summed E-state index contributed by atoms with van der Waals surface area (Å²) in [5, 5.41) is 6.32. The molecule has 0 atom stereocenters. The van der Waals surface area contributed by atoms with E-state index in [1.807, 2.05) is 24.0 Å². The van der Waals surface area contributed by atoms with Crippen molar-refractivity contribution in [3.05, 3.63) is 34.7 Å². The number of hydrogen-bond donors (Lipinski definition) is 1. The summed E-state index contributed by atoms with van der Waals surface area (Å²) in [5.74, 6) is 1.01. The third kappa shape index (κ3) is 5.99. The zero-order valence-electron chi connectivity index (χ0n) is 20.5. The lowest BCUT2D eigenvalue weighted by Crippen LogP contribution is -2.47. The topological polar surface area (TPSA) is 73.4 Å². The van der Waals surface area contributed by atoms with E-state index in [0.717, 1.165) is 36.6 Å². The molecule has 37 heavy (non-hydrogen) atoms. The molecule has 0 unspecified atom stereocenters. The summed E-state index contributed by atoms with van der Waals surface area (Å²) in [6.07, 6.45) is 0.448. The molecule has 2 aliphatic rings. The molecule has 1 aromatic carbocycles. The van der Waals surface area contributed by atoms with Crippen molar-refractivity contribution in [3.63, 3.8) is 0 Å². The number of benzene rings is 1. The van der Waals surface area contributed by atoms with Crippen molar-refractivity contribution in [1.29, 1.82) is 0 Å². The van der Waals surface area contributed by atoms with Crippen LogP contribution in [-0.2, 0) is 6.18 Å². The molecule has 0 bridgehead atoms. The van der Waals surface area contributed by atoms with E-state index in [0.29, 0.717) is 37.8 Å². The number of H-pyrrole nitrogens is 1. The molecule has 4 heterocycles. The molecule has 2 aliphatic heterocycles. The number of nitrogens with zero attached hydrogens (tertiary/aromatic N) is 6. The first kappa shape index (κ1) is 27.5. The minimum atomic E-state index is -4.60. The number of halogens is 5. The maximum absolute atomic E-state index is 13.5. The van der Waals surface area contributed by atoms with Crippen molar-refractivity contribution in [2.45, 2.75) is 32.4 Å². The predicted molar refractivity (Wildman–Crippen MR) is 140 cm³/mol. The van der Waals surface area contributed by atoms with Crippen LogP contribution in [0.2, 0.25) is 5.02 Å². The SMILES string of the molecule is Cc1c(OCCN2CCCCC2)cc(Cl)cc1N1CCN(c2ncnc3[nH]nc(C(F)(F)F)c23)CC1.Cl. The van der Waals surface area contributed by atoms with Gasteiger partial charge >= 0.3 is 6.18 Å². The smallest absolute Gasteiger partial charge is 0.435 e. The molecule has 0 radical (unpaired) electrons. The second-order valence-corrected chi connectivity index (χ2v) is 9.70. The number of rotatable bonds is 6. The van der Waals surface area contributed by atoms with Gasteiger partial charge in [0.15, 0.2) is 11.3 Å². The van der Waals surface area contributed by atoms with E-state index in [4.69, 9.17) is 16.3 Å². The summed E-state index contributed by atoms with van der Waals surface area (Å²) < 4.78 is 46.6. The van der Waals surface area contributed by atoms with E-state index in [-0.39, 0.29) is 29.3 Å². The highest BCUT2D eigenvalue weighted by atomic mass is 35.5. The van der Waals surface area contributed by atoms with Crippen molar-refractivity contribution in [3.8, 4) is 5.75 Å². The van der Waals surface area contributed by atoms with E-state index in [1.54, 1.807) is 0 Å². The van der Waals surface area contributed by atoms with E-state index < -0.39 is 11.9 Å². The third-order valence-electron chi connectivity index (χ3n) is 6.94. The van der Waals surface area contributed by atoms with E-state index in [1.165, 1.54) is 25.6 Å². The molecular weight excluding hydrogens is 530 g/mol. The van der Waals surface area contributed by atoms with Gasteiger partial charge in [-0.2, -0.15) is 18.3 Å². The Bertz CT molecular complexity index is 1210. The third-order valence-corrected chi connectivity index (χ3v) is 7.16. The second-order valence-electron chi connectivity index (χ2n) is 9.26. The van der Waals surface area contributed by atoms with E-state index in [9.17, 15) is 13.2 Å². The zero-order chi connectivity index (χ0) is 25.3. The molecule has 0 spiro atoms. The average molecular weight is 560 g/mol. The number of likely N-dealkylation sites (tertiary alicyclic amines) is 1. The molecule has 0 saturated carbocycles. The lowest BCUT2D eigenvalue weighted by atomic mass is 10.1. The van der Waals surface area contributed by atoms with Gasteiger partial charge in [-0.05, 0) is 45.0 Å². The lowest BCUT2D eigenvalue weighted by Gasteiger charge is -2.38. The summed E-state index contributed by atoms with van der Waals surface area (Å²) in [6, 6.07) is 3.77. The van der Waals surface area contributed by atoms with Gasteiger partial charge in [-0.15, -0.1) is 12.4 Å². The van der Waals surface area contributed by atoms with Gasteiger partial charge in [0.2, 0.25) is 0 Å².